The molecule has 0 bridgehead atoms. The van der Waals surface area contributed by atoms with Crippen molar-refractivity contribution < 1.29 is 4.74 Å². The maximum Gasteiger partial charge on any atom is 0.138 e. The molecule has 1 saturated heterocycles. The summed E-state index contributed by atoms with van der Waals surface area (Å²) in [5, 5.41) is 6.82. The lowest BCUT2D eigenvalue weighted by Crippen LogP contribution is -2.35. The molecule has 0 unspecified atom stereocenters. The van der Waals surface area contributed by atoms with Crippen molar-refractivity contribution in [1.29, 1.82) is 0 Å². The van der Waals surface area contributed by atoms with Crippen LogP contribution in [0.3, 0.4) is 0 Å². The number of anilines is 2. The van der Waals surface area contributed by atoms with Crippen LogP contribution in [0.25, 0.3) is 10.8 Å². The first kappa shape index (κ1) is 17.6. The van der Waals surface area contributed by atoms with Crippen LogP contribution in [0.15, 0.2) is 48.7 Å². The van der Waals surface area contributed by atoms with Gasteiger partial charge in [0.1, 0.15) is 5.82 Å². The first-order chi connectivity index (χ1) is 12.7. The fraction of sp³-hybridized carbons (Fsp3) is 0.250. The van der Waals surface area contributed by atoms with Crippen LogP contribution in [0.4, 0.5) is 11.5 Å². The van der Waals surface area contributed by atoms with Crippen molar-refractivity contribution in [3.8, 4) is 0 Å². The van der Waals surface area contributed by atoms with Crippen molar-refractivity contribution in [1.82, 2.24) is 9.88 Å². The Kier molecular flexibility index (Phi) is 5.27. The van der Waals surface area contributed by atoms with Gasteiger partial charge in [0.05, 0.1) is 13.2 Å². The number of hydrogen-bond acceptors (Lipinski definition) is 4. The third-order valence-corrected chi connectivity index (χ3v) is 5.07. The Morgan fingerprint density at radius 2 is 1.88 bits per heavy atom. The molecule has 6 heteroatoms. The highest BCUT2D eigenvalue weighted by molar-refractivity contribution is 6.36. The summed E-state index contributed by atoms with van der Waals surface area (Å²) >= 11 is 12.7. The zero-order chi connectivity index (χ0) is 17.9. The maximum absolute atomic E-state index is 6.56. The molecule has 2 aromatic carbocycles. The van der Waals surface area contributed by atoms with E-state index in [1.807, 2.05) is 48.7 Å². The molecule has 1 aromatic heterocycles. The highest BCUT2D eigenvalue weighted by Gasteiger charge is 2.16. The summed E-state index contributed by atoms with van der Waals surface area (Å²) in [6.07, 6.45) is 1.91. The summed E-state index contributed by atoms with van der Waals surface area (Å²) in [6.45, 7) is 4.21. The van der Waals surface area contributed by atoms with E-state index >= 15 is 0 Å². The molecular formula is C20H19Cl2N3O. The number of rotatable bonds is 4. The van der Waals surface area contributed by atoms with Gasteiger partial charge >= 0.3 is 0 Å². The summed E-state index contributed by atoms with van der Waals surface area (Å²) in [4.78, 5) is 7.04. The van der Waals surface area contributed by atoms with Crippen molar-refractivity contribution >= 4 is 45.5 Å². The van der Waals surface area contributed by atoms with Crippen molar-refractivity contribution in [2.24, 2.45) is 0 Å². The second kappa shape index (κ2) is 7.80. The predicted molar refractivity (Wildman–Crippen MR) is 108 cm³/mol. The lowest BCUT2D eigenvalue weighted by Gasteiger charge is -2.27. The standard InChI is InChI=1S/C20H19Cl2N3O/c21-15-3-1-4-16(11-15)24-20-17-5-2-6-18(22)19(17)14(12-23-20)13-25-7-9-26-10-8-25/h1-6,11-12H,7-10,13H2,(H,23,24). The average molecular weight is 388 g/mol. The van der Waals surface area contributed by atoms with Crippen LogP contribution in [-0.4, -0.2) is 36.2 Å². The Bertz CT molecular complexity index is 926. The minimum atomic E-state index is 0.682. The molecule has 0 amide bonds. The normalized spacial score (nSPS) is 15.3. The molecule has 1 aliphatic heterocycles. The summed E-state index contributed by atoms with van der Waals surface area (Å²) in [6, 6.07) is 13.5. The first-order valence-corrected chi connectivity index (χ1v) is 9.35. The smallest absolute Gasteiger partial charge is 0.138 e. The first-order valence-electron chi connectivity index (χ1n) is 8.59. The third kappa shape index (κ3) is 3.79. The summed E-state index contributed by atoms with van der Waals surface area (Å²) in [5.41, 5.74) is 2.02. The van der Waals surface area contributed by atoms with Gasteiger partial charge in [-0.2, -0.15) is 0 Å². The van der Waals surface area contributed by atoms with Crippen LogP contribution in [0.5, 0.6) is 0 Å². The minimum Gasteiger partial charge on any atom is -0.379 e. The lowest BCUT2D eigenvalue weighted by molar-refractivity contribution is 0.0343. The molecule has 1 N–H and O–H groups in total. The van der Waals surface area contributed by atoms with E-state index in [4.69, 9.17) is 27.9 Å². The van der Waals surface area contributed by atoms with Gasteiger partial charge in [-0.1, -0.05) is 41.4 Å². The van der Waals surface area contributed by atoms with Crippen molar-refractivity contribution in [3.05, 3.63) is 64.3 Å². The highest BCUT2D eigenvalue weighted by Crippen LogP contribution is 2.33. The molecule has 0 atom stereocenters. The zero-order valence-corrected chi connectivity index (χ0v) is 15.7. The largest absolute Gasteiger partial charge is 0.379 e. The van der Waals surface area contributed by atoms with Crippen LogP contribution < -0.4 is 5.32 Å². The molecule has 2 heterocycles. The molecule has 134 valence electrons. The number of morpholine rings is 1. The zero-order valence-electron chi connectivity index (χ0n) is 14.2. The molecule has 0 saturated carbocycles. The van der Waals surface area contributed by atoms with Gasteiger partial charge in [-0.05, 0) is 29.8 Å². The summed E-state index contributed by atoms with van der Waals surface area (Å²) in [5.74, 6) is 0.774. The topological polar surface area (TPSA) is 37.4 Å². The molecule has 0 spiro atoms. The van der Waals surface area contributed by atoms with E-state index in [1.54, 1.807) is 0 Å². The Labute approximate surface area is 162 Å². The van der Waals surface area contributed by atoms with Crippen LogP contribution in [0, 0.1) is 0 Å². The maximum atomic E-state index is 6.56. The number of ether oxygens (including phenoxy) is 1. The summed E-state index contributed by atoms with van der Waals surface area (Å²) in [7, 11) is 0. The van der Waals surface area contributed by atoms with Gasteiger partial charge in [0.15, 0.2) is 0 Å². The molecule has 3 aromatic rings. The van der Waals surface area contributed by atoms with Crippen LogP contribution in [-0.2, 0) is 11.3 Å². The average Bonchev–Trinajstić information content (AvgIpc) is 2.65. The van der Waals surface area contributed by atoms with E-state index in [-0.39, 0.29) is 0 Å². The van der Waals surface area contributed by atoms with E-state index in [1.165, 1.54) is 0 Å². The number of pyridine rings is 1. The molecular weight excluding hydrogens is 369 g/mol. The van der Waals surface area contributed by atoms with Gasteiger partial charge in [-0.15, -0.1) is 0 Å². The van der Waals surface area contributed by atoms with E-state index in [9.17, 15) is 0 Å². The SMILES string of the molecule is Clc1cccc(Nc2ncc(CN3CCOCC3)c3c(Cl)cccc23)c1. The number of halogens is 2. The van der Waals surface area contributed by atoms with E-state index in [2.05, 4.69) is 15.2 Å². The number of fused-ring (bicyclic) bond motifs is 1. The van der Waals surface area contributed by atoms with Crippen molar-refractivity contribution in [2.75, 3.05) is 31.6 Å². The van der Waals surface area contributed by atoms with Gasteiger partial charge in [-0.25, -0.2) is 4.98 Å². The van der Waals surface area contributed by atoms with Gasteiger partial charge in [0.2, 0.25) is 0 Å². The molecule has 1 fully saturated rings. The molecule has 26 heavy (non-hydrogen) atoms. The minimum absolute atomic E-state index is 0.682. The Hall–Kier alpha value is -1.85. The van der Waals surface area contributed by atoms with E-state index in [0.29, 0.717) is 5.02 Å². The number of aromatic nitrogens is 1. The molecule has 0 aliphatic carbocycles. The molecule has 4 rings (SSSR count). The second-order valence-corrected chi connectivity index (χ2v) is 7.16. The fourth-order valence-corrected chi connectivity index (χ4v) is 3.73. The molecule has 1 aliphatic rings. The van der Waals surface area contributed by atoms with Crippen LogP contribution >= 0.6 is 23.2 Å². The van der Waals surface area contributed by atoms with Gasteiger partial charge in [0, 0.05) is 52.3 Å². The second-order valence-electron chi connectivity index (χ2n) is 6.32. The van der Waals surface area contributed by atoms with E-state index in [0.717, 1.165) is 65.7 Å². The van der Waals surface area contributed by atoms with Crippen LogP contribution in [0.2, 0.25) is 10.0 Å². The monoisotopic (exact) mass is 387 g/mol. The highest BCUT2D eigenvalue weighted by atomic mass is 35.5. The van der Waals surface area contributed by atoms with Gasteiger partial charge in [0.25, 0.3) is 0 Å². The Morgan fingerprint density at radius 1 is 1.08 bits per heavy atom. The van der Waals surface area contributed by atoms with Crippen LogP contribution in [0.1, 0.15) is 5.56 Å². The lowest BCUT2D eigenvalue weighted by atomic mass is 10.1. The number of nitrogens with one attached hydrogen (secondary N) is 1. The molecule has 0 radical (unpaired) electrons. The van der Waals surface area contributed by atoms with Gasteiger partial charge in [-0.3, -0.25) is 4.90 Å². The predicted octanol–water partition coefficient (Wildman–Crippen LogP) is 5.12. The Balaban J connectivity index is 1.71. The third-order valence-electron chi connectivity index (χ3n) is 4.52. The van der Waals surface area contributed by atoms with Gasteiger partial charge < -0.3 is 10.1 Å². The fourth-order valence-electron chi connectivity index (χ4n) is 3.25. The van der Waals surface area contributed by atoms with E-state index < -0.39 is 0 Å². The number of benzene rings is 2. The quantitative estimate of drug-likeness (QED) is 0.674. The van der Waals surface area contributed by atoms with Crippen molar-refractivity contribution in [3.63, 3.8) is 0 Å². The summed E-state index contributed by atoms with van der Waals surface area (Å²) < 4.78 is 5.44. The molecule has 4 nitrogen and oxygen atoms in total. The van der Waals surface area contributed by atoms with Crippen molar-refractivity contribution in [2.45, 2.75) is 6.54 Å². The number of hydrogen-bond donors (Lipinski definition) is 1. The Morgan fingerprint density at radius 3 is 2.69 bits per heavy atom. The number of nitrogens with zero attached hydrogens (tertiary/aromatic N) is 2.